The van der Waals surface area contributed by atoms with Gasteiger partial charge in [0.1, 0.15) is 5.82 Å². The first-order chi connectivity index (χ1) is 9.30. The predicted octanol–water partition coefficient (Wildman–Crippen LogP) is 1.80. The van der Waals surface area contributed by atoms with Crippen LogP contribution in [-0.4, -0.2) is 35.3 Å². The van der Waals surface area contributed by atoms with Gasteiger partial charge >= 0.3 is 12.1 Å². The molecule has 0 bridgehead atoms. The van der Waals surface area contributed by atoms with Crippen LogP contribution in [0.1, 0.15) is 12.0 Å². The number of aliphatic carboxylic acids is 1. The van der Waals surface area contributed by atoms with Crippen LogP contribution < -0.4 is 4.90 Å². The van der Waals surface area contributed by atoms with E-state index in [-0.39, 0.29) is 17.9 Å². The van der Waals surface area contributed by atoms with Crippen molar-refractivity contribution in [2.45, 2.75) is 12.6 Å². The van der Waals surface area contributed by atoms with Gasteiger partial charge in [-0.2, -0.15) is 18.4 Å². The molecule has 1 fully saturated rings. The van der Waals surface area contributed by atoms with Gasteiger partial charge in [-0.25, -0.2) is 4.98 Å². The molecule has 0 amide bonds. The summed E-state index contributed by atoms with van der Waals surface area (Å²) in [6.45, 7) is -0.776. The topological polar surface area (TPSA) is 77.2 Å². The average molecular weight is 285 g/mol. The fourth-order valence-corrected chi connectivity index (χ4v) is 2.19. The quantitative estimate of drug-likeness (QED) is 0.896. The van der Waals surface area contributed by atoms with E-state index in [2.05, 4.69) is 4.98 Å². The number of alkyl halides is 3. The van der Waals surface area contributed by atoms with E-state index < -0.39 is 30.5 Å². The second kappa shape index (κ2) is 4.67. The molecule has 1 aromatic heterocycles. The van der Waals surface area contributed by atoms with Crippen molar-refractivity contribution in [3.8, 4) is 6.07 Å². The number of nitrogens with zero attached hydrogens (tertiary/aromatic N) is 3. The lowest BCUT2D eigenvalue weighted by Crippen LogP contribution is -2.47. The monoisotopic (exact) mass is 285 g/mol. The third-order valence-electron chi connectivity index (χ3n) is 3.42. The molecule has 1 unspecified atom stereocenters. The van der Waals surface area contributed by atoms with Gasteiger partial charge in [-0.1, -0.05) is 0 Å². The van der Waals surface area contributed by atoms with Gasteiger partial charge in [0.2, 0.25) is 0 Å². The second-order valence-electron chi connectivity index (χ2n) is 4.57. The normalized spacial score (nSPS) is 22.6. The number of hydrogen-bond acceptors (Lipinski definition) is 4. The van der Waals surface area contributed by atoms with Crippen LogP contribution in [0.2, 0.25) is 0 Å². The number of carboxylic acid groups (broad SMARTS) is 1. The predicted molar refractivity (Wildman–Crippen MR) is 61.9 cm³/mol. The highest BCUT2D eigenvalue weighted by Gasteiger charge is 2.63. The number of carboxylic acids is 1. The average Bonchev–Trinajstić information content (AvgIpc) is 2.85. The van der Waals surface area contributed by atoms with E-state index in [1.165, 1.54) is 23.2 Å². The maximum Gasteiger partial charge on any atom is 0.406 e. The Bertz CT molecular complexity index is 582. The number of halogens is 3. The maximum absolute atomic E-state index is 13.0. The molecule has 2 heterocycles. The molecule has 1 aliphatic rings. The molecule has 0 spiro atoms. The van der Waals surface area contributed by atoms with Crippen LogP contribution >= 0.6 is 0 Å². The Morgan fingerprint density at radius 1 is 1.55 bits per heavy atom. The van der Waals surface area contributed by atoms with Crippen LogP contribution in [0.25, 0.3) is 0 Å². The van der Waals surface area contributed by atoms with Crippen molar-refractivity contribution in [2.75, 3.05) is 18.0 Å². The minimum Gasteiger partial charge on any atom is -0.481 e. The SMILES string of the molecule is N#Cc1ccnc(N2CCC(C(=O)O)(C(F)(F)F)C2)c1. The molecule has 0 aliphatic carbocycles. The van der Waals surface area contributed by atoms with Gasteiger partial charge in [0.25, 0.3) is 0 Å². The molecule has 5 nitrogen and oxygen atoms in total. The van der Waals surface area contributed by atoms with Gasteiger partial charge in [0.15, 0.2) is 5.41 Å². The third kappa shape index (κ3) is 2.15. The molecule has 106 valence electrons. The number of nitriles is 1. The number of anilines is 1. The Morgan fingerprint density at radius 2 is 2.25 bits per heavy atom. The molecule has 1 aromatic rings. The van der Waals surface area contributed by atoms with E-state index in [9.17, 15) is 18.0 Å². The van der Waals surface area contributed by atoms with Gasteiger partial charge < -0.3 is 10.0 Å². The fraction of sp³-hybridized carbons (Fsp3) is 0.417. The first-order valence-electron chi connectivity index (χ1n) is 5.71. The van der Waals surface area contributed by atoms with E-state index in [0.717, 1.165) is 0 Å². The summed E-state index contributed by atoms with van der Waals surface area (Å²) in [6.07, 6.45) is -4.06. The summed E-state index contributed by atoms with van der Waals surface area (Å²) >= 11 is 0. The van der Waals surface area contributed by atoms with E-state index in [4.69, 9.17) is 10.4 Å². The molecule has 0 saturated carbocycles. The molecule has 20 heavy (non-hydrogen) atoms. The minimum atomic E-state index is -4.83. The second-order valence-corrected chi connectivity index (χ2v) is 4.57. The van der Waals surface area contributed by atoms with Crippen molar-refractivity contribution < 1.29 is 23.1 Å². The van der Waals surface area contributed by atoms with E-state index in [1.807, 2.05) is 6.07 Å². The number of hydrogen-bond donors (Lipinski definition) is 1. The Kier molecular flexibility index (Phi) is 3.29. The molecule has 0 radical (unpaired) electrons. The molecule has 2 rings (SSSR count). The fourth-order valence-electron chi connectivity index (χ4n) is 2.19. The highest BCUT2D eigenvalue weighted by Crippen LogP contribution is 2.46. The standard InChI is InChI=1S/C12H10F3N3O2/c13-12(14,15)11(10(19)20)2-4-18(7-11)9-5-8(6-16)1-3-17-9/h1,3,5H,2,4,7H2,(H,19,20). The van der Waals surface area contributed by atoms with Gasteiger partial charge in [-0.05, 0) is 18.6 Å². The summed E-state index contributed by atoms with van der Waals surface area (Å²) in [5, 5.41) is 17.7. The first kappa shape index (κ1) is 14.1. The van der Waals surface area contributed by atoms with Crippen LogP contribution in [0.5, 0.6) is 0 Å². The van der Waals surface area contributed by atoms with Crippen molar-refractivity contribution in [2.24, 2.45) is 5.41 Å². The zero-order valence-corrected chi connectivity index (χ0v) is 10.2. The highest BCUT2D eigenvalue weighted by molar-refractivity contribution is 5.77. The minimum absolute atomic E-state index is 0.0757. The van der Waals surface area contributed by atoms with Gasteiger partial charge in [0.05, 0.1) is 11.6 Å². The number of carbonyl (C=O) groups is 1. The number of aromatic nitrogens is 1. The summed E-state index contributed by atoms with van der Waals surface area (Å²) in [5.41, 5.74) is -2.52. The summed E-state index contributed by atoms with van der Waals surface area (Å²) in [6, 6.07) is 4.63. The first-order valence-corrected chi connectivity index (χ1v) is 5.71. The smallest absolute Gasteiger partial charge is 0.406 e. The Labute approximate surface area is 112 Å². The van der Waals surface area contributed by atoms with E-state index >= 15 is 0 Å². The summed E-state index contributed by atoms with van der Waals surface area (Å²) in [4.78, 5) is 16.2. The third-order valence-corrected chi connectivity index (χ3v) is 3.42. The summed E-state index contributed by atoms with van der Waals surface area (Å²) < 4.78 is 39.1. The van der Waals surface area contributed by atoms with Crippen LogP contribution in [0.3, 0.4) is 0 Å². The van der Waals surface area contributed by atoms with Gasteiger partial charge in [-0.3, -0.25) is 4.79 Å². The molecule has 8 heteroatoms. The van der Waals surface area contributed by atoms with Crippen molar-refractivity contribution in [3.63, 3.8) is 0 Å². The highest BCUT2D eigenvalue weighted by atomic mass is 19.4. The van der Waals surface area contributed by atoms with Crippen molar-refractivity contribution in [1.82, 2.24) is 4.98 Å². The molecule has 1 saturated heterocycles. The van der Waals surface area contributed by atoms with Crippen LogP contribution in [0.4, 0.5) is 19.0 Å². The molecular weight excluding hydrogens is 275 g/mol. The lowest BCUT2D eigenvalue weighted by atomic mass is 9.86. The van der Waals surface area contributed by atoms with E-state index in [0.29, 0.717) is 0 Å². The Morgan fingerprint density at radius 3 is 2.75 bits per heavy atom. The lowest BCUT2D eigenvalue weighted by Gasteiger charge is -2.27. The molecular formula is C12H10F3N3O2. The zero-order valence-electron chi connectivity index (χ0n) is 10.2. The Hall–Kier alpha value is -2.30. The number of pyridine rings is 1. The zero-order chi connectivity index (χ0) is 15.0. The summed E-state index contributed by atoms with van der Waals surface area (Å²) in [7, 11) is 0. The van der Waals surface area contributed by atoms with Crippen LogP contribution in [-0.2, 0) is 4.79 Å². The van der Waals surface area contributed by atoms with Crippen LogP contribution in [0, 0.1) is 16.7 Å². The maximum atomic E-state index is 13.0. The Balaban J connectivity index is 2.31. The molecule has 0 aromatic carbocycles. The van der Waals surface area contributed by atoms with Gasteiger partial charge in [0, 0.05) is 19.3 Å². The van der Waals surface area contributed by atoms with Crippen molar-refractivity contribution in [3.05, 3.63) is 23.9 Å². The number of rotatable bonds is 2. The van der Waals surface area contributed by atoms with Crippen molar-refractivity contribution in [1.29, 1.82) is 5.26 Å². The van der Waals surface area contributed by atoms with E-state index in [1.54, 1.807) is 0 Å². The lowest BCUT2D eigenvalue weighted by molar-refractivity contribution is -0.225. The molecule has 1 N–H and O–H groups in total. The van der Waals surface area contributed by atoms with Crippen LogP contribution in [0.15, 0.2) is 18.3 Å². The largest absolute Gasteiger partial charge is 0.481 e. The molecule has 1 aliphatic heterocycles. The molecule has 1 atom stereocenters. The van der Waals surface area contributed by atoms with Crippen molar-refractivity contribution >= 4 is 11.8 Å². The summed E-state index contributed by atoms with van der Waals surface area (Å²) in [5.74, 6) is -1.71. The van der Waals surface area contributed by atoms with Gasteiger partial charge in [-0.15, -0.1) is 0 Å².